The summed E-state index contributed by atoms with van der Waals surface area (Å²) < 4.78 is 32.6. The lowest BCUT2D eigenvalue weighted by Crippen LogP contribution is -2.52. The van der Waals surface area contributed by atoms with E-state index in [2.05, 4.69) is 5.32 Å². The lowest BCUT2D eigenvalue weighted by molar-refractivity contribution is -0.135. The molecular weight excluding hydrogens is 454 g/mol. The van der Waals surface area contributed by atoms with Crippen molar-refractivity contribution in [2.45, 2.75) is 75.8 Å². The second kappa shape index (κ2) is 12.1. The molecule has 0 bridgehead atoms. The van der Waals surface area contributed by atoms with Gasteiger partial charge < -0.3 is 15.0 Å². The van der Waals surface area contributed by atoms with Gasteiger partial charge in [0.1, 0.15) is 6.04 Å². The second-order valence-corrected chi connectivity index (χ2v) is 11.6. The average Bonchev–Trinajstić information content (AvgIpc) is 2.82. The van der Waals surface area contributed by atoms with Gasteiger partial charge in [0.05, 0.1) is 18.1 Å². The van der Waals surface area contributed by atoms with Gasteiger partial charge in [-0.1, -0.05) is 52.0 Å². The SMILES string of the molecule is CC(C)C(NC(=O)c1cccc(S(=O)(=O)N2CCOCC2)c1)C(=O)N(C)C1CCCCCCC1. The van der Waals surface area contributed by atoms with Crippen molar-refractivity contribution in [1.82, 2.24) is 14.5 Å². The summed E-state index contributed by atoms with van der Waals surface area (Å²) in [7, 11) is -1.88. The number of amides is 2. The van der Waals surface area contributed by atoms with Crippen LogP contribution in [0, 0.1) is 5.92 Å². The third kappa shape index (κ3) is 6.58. The predicted octanol–water partition coefficient (Wildman–Crippen LogP) is 3.03. The summed E-state index contributed by atoms with van der Waals surface area (Å²) >= 11 is 0. The van der Waals surface area contributed by atoms with E-state index in [0.717, 1.165) is 25.7 Å². The zero-order chi connectivity index (χ0) is 24.7. The van der Waals surface area contributed by atoms with Crippen molar-refractivity contribution >= 4 is 21.8 Å². The fourth-order valence-corrected chi connectivity index (χ4v) is 6.15. The van der Waals surface area contributed by atoms with Gasteiger partial charge in [-0.15, -0.1) is 0 Å². The van der Waals surface area contributed by atoms with Crippen LogP contribution in [0.4, 0.5) is 0 Å². The van der Waals surface area contributed by atoms with Gasteiger partial charge in [0.2, 0.25) is 15.9 Å². The van der Waals surface area contributed by atoms with Gasteiger partial charge in [0.15, 0.2) is 0 Å². The molecule has 1 saturated heterocycles. The molecule has 190 valence electrons. The molecule has 34 heavy (non-hydrogen) atoms. The van der Waals surface area contributed by atoms with E-state index in [1.54, 1.807) is 12.1 Å². The Kier molecular flexibility index (Phi) is 9.50. The largest absolute Gasteiger partial charge is 0.379 e. The van der Waals surface area contributed by atoms with Crippen molar-refractivity contribution in [3.05, 3.63) is 29.8 Å². The molecule has 1 aromatic rings. The zero-order valence-electron chi connectivity index (χ0n) is 20.7. The van der Waals surface area contributed by atoms with Crippen LogP contribution in [0.5, 0.6) is 0 Å². The van der Waals surface area contributed by atoms with Crippen molar-refractivity contribution in [3.63, 3.8) is 0 Å². The maximum absolute atomic E-state index is 13.4. The number of hydrogen-bond donors (Lipinski definition) is 1. The molecule has 1 saturated carbocycles. The molecule has 1 aliphatic carbocycles. The second-order valence-electron chi connectivity index (χ2n) is 9.69. The molecular formula is C25H39N3O5S. The number of carbonyl (C=O) groups excluding carboxylic acids is 2. The van der Waals surface area contributed by atoms with Crippen molar-refractivity contribution in [3.8, 4) is 0 Å². The summed E-state index contributed by atoms with van der Waals surface area (Å²) in [6.45, 7) is 5.10. The first-order chi connectivity index (χ1) is 16.2. The lowest BCUT2D eigenvalue weighted by atomic mass is 9.94. The first-order valence-corrected chi connectivity index (χ1v) is 13.9. The van der Waals surface area contributed by atoms with Crippen LogP contribution in [0.15, 0.2) is 29.2 Å². The zero-order valence-corrected chi connectivity index (χ0v) is 21.5. The minimum absolute atomic E-state index is 0.0705. The van der Waals surface area contributed by atoms with E-state index in [1.807, 2.05) is 25.8 Å². The Morgan fingerprint density at radius 2 is 1.68 bits per heavy atom. The Labute approximate surface area is 204 Å². The Balaban J connectivity index is 1.73. The summed E-state index contributed by atoms with van der Waals surface area (Å²) in [6, 6.07) is 5.54. The summed E-state index contributed by atoms with van der Waals surface area (Å²) in [4.78, 5) is 28.4. The van der Waals surface area contributed by atoms with Gasteiger partial charge in [0, 0.05) is 31.7 Å². The highest BCUT2D eigenvalue weighted by atomic mass is 32.2. The highest BCUT2D eigenvalue weighted by molar-refractivity contribution is 7.89. The van der Waals surface area contributed by atoms with Crippen molar-refractivity contribution in [1.29, 1.82) is 0 Å². The van der Waals surface area contributed by atoms with Crippen LogP contribution >= 0.6 is 0 Å². The van der Waals surface area contributed by atoms with E-state index < -0.39 is 22.0 Å². The number of sulfonamides is 1. The third-order valence-electron chi connectivity index (χ3n) is 6.89. The van der Waals surface area contributed by atoms with E-state index in [0.29, 0.717) is 13.2 Å². The quantitative estimate of drug-likeness (QED) is 0.630. The molecule has 1 aromatic carbocycles. The molecule has 0 spiro atoms. The van der Waals surface area contributed by atoms with E-state index >= 15 is 0 Å². The minimum atomic E-state index is -3.72. The number of hydrogen-bond acceptors (Lipinski definition) is 5. The Morgan fingerprint density at radius 3 is 2.29 bits per heavy atom. The highest BCUT2D eigenvalue weighted by Crippen LogP contribution is 2.23. The van der Waals surface area contributed by atoms with Gasteiger partial charge in [-0.05, 0) is 37.0 Å². The number of nitrogens with one attached hydrogen (secondary N) is 1. The molecule has 0 aromatic heterocycles. The van der Waals surface area contributed by atoms with Crippen molar-refractivity contribution in [2.24, 2.45) is 5.92 Å². The number of ether oxygens (including phenoxy) is 1. The maximum Gasteiger partial charge on any atom is 0.251 e. The first kappa shape index (κ1) is 26.6. The van der Waals surface area contributed by atoms with Crippen LogP contribution in [-0.2, 0) is 19.6 Å². The standard InChI is InChI=1S/C25H39N3O5S/c1-19(2)23(25(30)27(3)21-11-7-5-4-6-8-12-21)26-24(29)20-10-9-13-22(18-20)34(31,32)28-14-16-33-17-15-28/h9-10,13,18-19,21,23H,4-8,11-12,14-17H2,1-3H3,(H,26,29). The van der Waals surface area contributed by atoms with Crippen molar-refractivity contribution in [2.75, 3.05) is 33.4 Å². The monoisotopic (exact) mass is 493 g/mol. The number of rotatable bonds is 7. The molecule has 1 unspecified atom stereocenters. The Morgan fingerprint density at radius 1 is 1.06 bits per heavy atom. The molecule has 1 heterocycles. The van der Waals surface area contributed by atoms with Gasteiger partial charge >= 0.3 is 0 Å². The Hall–Kier alpha value is -1.97. The predicted molar refractivity (Wildman–Crippen MR) is 131 cm³/mol. The van der Waals surface area contributed by atoms with Crippen LogP contribution in [-0.4, -0.2) is 74.9 Å². The van der Waals surface area contributed by atoms with E-state index in [-0.39, 0.29) is 41.4 Å². The fourth-order valence-electron chi connectivity index (χ4n) is 4.69. The molecule has 1 N–H and O–H groups in total. The molecule has 9 heteroatoms. The Bertz CT molecular complexity index is 936. The number of nitrogens with zero attached hydrogens (tertiary/aromatic N) is 2. The summed E-state index contributed by atoms with van der Waals surface area (Å²) in [6.07, 6.45) is 7.87. The van der Waals surface area contributed by atoms with Gasteiger partial charge in [0.25, 0.3) is 5.91 Å². The molecule has 1 atom stereocenters. The average molecular weight is 494 g/mol. The number of morpholine rings is 1. The molecule has 1 aliphatic heterocycles. The minimum Gasteiger partial charge on any atom is -0.379 e. The van der Waals surface area contributed by atoms with Crippen LogP contribution in [0.2, 0.25) is 0 Å². The number of benzene rings is 1. The van der Waals surface area contributed by atoms with Gasteiger partial charge in [-0.2, -0.15) is 4.31 Å². The highest BCUT2D eigenvalue weighted by Gasteiger charge is 2.31. The molecule has 2 fully saturated rings. The van der Waals surface area contributed by atoms with Crippen molar-refractivity contribution < 1.29 is 22.7 Å². The summed E-state index contributed by atoms with van der Waals surface area (Å²) in [5.41, 5.74) is 0.224. The van der Waals surface area contributed by atoms with Crippen LogP contribution in [0.3, 0.4) is 0 Å². The van der Waals surface area contributed by atoms with Gasteiger partial charge in [-0.3, -0.25) is 9.59 Å². The first-order valence-electron chi connectivity index (χ1n) is 12.5. The fraction of sp³-hybridized carbons (Fsp3) is 0.680. The molecule has 2 aliphatic rings. The van der Waals surface area contributed by atoms with E-state index in [9.17, 15) is 18.0 Å². The normalized spacial score (nSPS) is 19.8. The molecule has 3 rings (SSSR count). The third-order valence-corrected chi connectivity index (χ3v) is 8.79. The summed E-state index contributed by atoms with van der Waals surface area (Å²) in [5.74, 6) is -0.643. The van der Waals surface area contributed by atoms with Crippen LogP contribution in [0.25, 0.3) is 0 Å². The molecule has 2 amide bonds. The molecule has 0 radical (unpaired) electrons. The summed E-state index contributed by atoms with van der Waals surface area (Å²) in [5, 5.41) is 2.88. The van der Waals surface area contributed by atoms with Gasteiger partial charge in [-0.25, -0.2) is 8.42 Å². The number of carbonyl (C=O) groups is 2. The number of likely N-dealkylation sites (N-methyl/N-ethyl adjacent to an activating group) is 1. The van der Waals surface area contributed by atoms with E-state index in [1.165, 1.54) is 35.7 Å². The smallest absolute Gasteiger partial charge is 0.251 e. The van der Waals surface area contributed by atoms with Crippen LogP contribution in [0.1, 0.15) is 69.2 Å². The molecule has 8 nitrogen and oxygen atoms in total. The topological polar surface area (TPSA) is 96.0 Å². The maximum atomic E-state index is 13.4. The lowest BCUT2D eigenvalue weighted by Gasteiger charge is -2.34. The van der Waals surface area contributed by atoms with Crippen LogP contribution < -0.4 is 5.32 Å². The van der Waals surface area contributed by atoms with E-state index in [4.69, 9.17) is 4.74 Å².